The van der Waals surface area contributed by atoms with Gasteiger partial charge in [-0.25, -0.2) is 9.50 Å². The van der Waals surface area contributed by atoms with Crippen molar-refractivity contribution < 1.29 is 4.79 Å². The van der Waals surface area contributed by atoms with E-state index in [9.17, 15) is 9.59 Å². The lowest BCUT2D eigenvalue weighted by molar-refractivity contribution is 0.0953. The Bertz CT molecular complexity index is 1180. The van der Waals surface area contributed by atoms with E-state index in [1.165, 1.54) is 6.20 Å². The van der Waals surface area contributed by atoms with Crippen LogP contribution in [-0.2, 0) is 6.54 Å². The summed E-state index contributed by atoms with van der Waals surface area (Å²) in [6.07, 6.45) is 3.27. The van der Waals surface area contributed by atoms with Crippen LogP contribution < -0.4 is 10.9 Å². The molecule has 4 aromatic rings. The highest BCUT2D eigenvalue weighted by molar-refractivity contribution is 6.06. The highest BCUT2D eigenvalue weighted by atomic mass is 16.2. The van der Waals surface area contributed by atoms with Gasteiger partial charge in [0.05, 0.1) is 23.2 Å². The number of nitrogens with zero attached hydrogens (tertiary/aromatic N) is 3. The van der Waals surface area contributed by atoms with Gasteiger partial charge in [-0.3, -0.25) is 9.59 Å². The summed E-state index contributed by atoms with van der Waals surface area (Å²) in [4.78, 5) is 31.6. The van der Waals surface area contributed by atoms with Gasteiger partial charge in [0.2, 0.25) is 0 Å². The second-order valence-corrected chi connectivity index (χ2v) is 6.13. The Labute approximate surface area is 154 Å². The number of aryl methyl sites for hydroxylation is 1. The van der Waals surface area contributed by atoms with E-state index in [2.05, 4.69) is 20.4 Å². The number of H-pyrrole nitrogens is 1. The number of carbonyl (C=O) groups is 1. The number of fused-ring (bicyclic) bond motifs is 1. The molecule has 3 aromatic heterocycles. The molecule has 0 radical (unpaired) electrons. The normalized spacial score (nSPS) is 10.9. The third-order valence-corrected chi connectivity index (χ3v) is 4.25. The average molecular weight is 359 g/mol. The number of hydrogen-bond acceptors (Lipinski definition) is 4. The van der Waals surface area contributed by atoms with Gasteiger partial charge in [0, 0.05) is 18.0 Å². The van der Waals surface area contributed by atoms with E-state index in [1.807, 2.05) is 48.5 Å². The molecule has 134 valence electrons. The van der Waals surface area contributed by atoms with Crippen LogP contribution >= 0.6 is 0 Å². The summed E-state index contributed by atoms with van der Waals surface area (Å²) in [5.74, 6) is 0.235. The molecule has 0 bridgehead atoms. The van der Waals surface area contributed by atoms with Crippen molar-refractivity contribution in [2.45, 2.75) is 13.5 Å². The SMILES string of the molecule is Cc1ncc(CNC(=O)c2c(-c3ccccc3)nn3ccccc23)c(=O)[nH]1. The van der Waals surface area contributed by atoms with Gasteiger partial charge in [-0.15, -0.1) is 0 Å². The van der Waals surface area contributed by atoms with Crippen molar-refractivity contribution in [2.75, 3.05) is 0 Å². The summed E-state index contributed by atoms with van der Waals surface area (Å²) < 4.78 is 1.68. The second-order valence-electron chi connectivity index (χ2n) is 6.13. The molecular weight excluding hydrogens is 342 g/mol. The molecule has 7 nitrogen and oxygen atoms in total. The monoisotopic (exact) mass is 359 g/mol. The van der Waals surface area contributed by atoms with Gasteiger partial charge < -0.3 is 10.3 Å². The average Bonchev–Trinajstić information content (AvgIpc) is 3.07. The van der Waals surface area contributed by atoms with Gasteiger partial charge in [-0.1, -0.05) is 36.4 Å². The van der Waals surface area contributed by atoms with Crippen LogP contribution in [0, 0.1) is 6.92 Å². The van der Waals surface area contributed by atoms with Gasteiger partial charge >= 0.3 is 0 Å². The van der Waals surface area contributed by atoms with Crippen LogP contribution in [0.4, 0.5) is 0 Å². The number of carbonyl (C=O) groups excluding carboxylic acids is 1. The number of pyridine rings is 1. The molecule has 0 atom stereocenters. The largest absolute Gasteiger partial charge is 0.348 e. The van der Waals surface area contributed by atoms with Crippen LogP contribution in [-0.4, -0.2) is 25.5 Å². The summed E-state index contributed by atoms with van der Waals surface area (Å²) in [6.45, 7) is 1.79. The lowest BCUT2D eigenvalue weighted by Crippen LogP contribution is -2.27. The maximum atomic E-state index is 13.0. The van der Waals surface area contributed by atoms with E-state index in [0.717, 1.165) is 5.56 Å². The third kappa shape index (κ3) is 3.22. The minimum Gasteiger partial charge on any atom is -0.348 e. The first-order valence-corrected chi connectivity index (χ1v) is 8.49. The van der Waals surface area contributed by atoms with Gasteiger partial charge in [0.15, 0.2) is 0 Å². The molecule has 0 spiro atoms. The van der Waals surface area contributed by atoms with Gasteiger partial charge in [0.25, 0.3) is 11.5 Å². The Morgan fingerprint density at radius 2 is 1.93 bits per heavy atom. The summed E-state index contributed by atoms with van der Waals surface area (Å²) >= 11 is 0. The van der Waals surface area contributed by atoms with E-state index in [1.54, 1.807) is 17.6 Å². The molecule has 0 aliphatic heterocycles. The van der Waals surface area contributed by atoms with Gasteiger partial charge in [-0.2, -0.15) is 5.10 Å². The number of nitrogens with one attached hydrogen (secondary N) is 2. The molecule has 0 aliphatic rings. The van der Waals surface area contributed by atoms with Crippen LogP contribution in [0.2, 0.25) is 0 Å². The topological polar surface area (TPSA) is 92.2 Å². The molecule has 0 saturated heterocycles. The Morgan fingerprint density at radius 3 is 2.70 bits per heavy atom. The minimum absolute atomic E-state index is 0.0832. The molecule has 0 aliphatic carbocycles. The van der Waals surface area contributed by atoms with Crippen molar-refractivity contribution >= 4 is 11.4 Å². The first-order valence-electron chi connectivity index (χ1n) is 8.49. The highest BCUT2D eigenvalue weighted by Crippen LogP contribution is 2.26. The molecule has 2 N–H and O–H groups in total. The van der Waals surface area contributed by atoms with Crippen LogP contribution in [0.5, 0.6) is 0 Å². The molecule has 0 unspecified atom stereocenters. The van der Waals surface area contributed by atoms with E-state index in [4.69, 9.17) is 0 Å². The number of hydrogen-bond donors (Lipinski definition) is 2. The first-order chi connectivity index (χ1) is 13.1. The molecule has 4 rings (SSSR count). The molecule has 1 amide bonds. The van der Waals surface area contributed by atoms with Crippen LogP contribution in [0.25, 0.3) is 16.8 Å². The summed E-state index contributed by atoms with van der Waals surface area (Å²) in [5.41, 5.74) is 2.75. The molecule has 7 heteroatoms. The number of rotatable bonds is 4. The van der Waals surface area contributed by atoms with E-state index in [0.29, 0.717) is 28.2 Å². The van der Waals surface area contributed by atoms with Crippen molar-refractivity contribution in [3.63, 3.8) is 0 Å². The number of amides is 1. The summed E-state index contributed by atoms with van der Waals surface area (Å²) in [6, 6.07) is 15.1. The zero-order chi connectivity index (χ0) is 18.8. The predicted molar refractivity (Wildman–Crippen MR) is 101 cm³/mol. The van der Waals surface area contributed by atoms with Gasteiger partial charge in [0.1, 0.15) is 11.5 Å². The predicted octanol–water partition coefficient (Wildman–Crippen LogP) is 2.32. The molecule has 27 heavy (non-hydrogen) atoms. The molecule has 0 saturated carbocycles. The highest BCUT2D eigenvalue weighted by Gasteiger charge is 2.20. The van der Waals surface area contributed by atoms with Crippen molar-refractivity contribution in [3.05, 3.63) is 88.2 Å². The van der Waals surface area contributed by atoms with E-state index >= 15 is 0 Å². The fourth-order valence-electron chi connectivity index (χ4n) is 2.92. The Balaban J connectivity index is 1.71. The Hall–Kier alpha value is -3.74. The summed E-state index contributed by atoms with van der Waals surface area (Å²) in [7, 11) is 0. The maximum absolute atomic E-state index is 13.0. The Morgan fingerprint density at radius 1 is 1.15 bits per heavy atom. The maximum Gasteiger partial charge on any atom is 0.256 e. The van der Waals surface area contributed by atoms with Crippen LogP contribution in [0.3, 0.4) is 0 Å². The van der Waals surface area contributed by atoms with Crippen molar-refractivity contribution in [1.82, 2.24) is 24.9 Å². The van der Waals surface area contributed by atoms with Crippen molar-refractivity contribution in [1.29, 1.82) is 0 Å². The number of aromatic nitrogens is 4. The lowest BCUT2D eigenvalue weighted by Gasteiger charge is -2.06. The zero-order valence-electron chi connectivity index (χ0n) is 14.6. The molecule has 0 fully saturated rings. The smallest absolute Gasteiger partial charge is 0.256 e. The van der Waals surface area contributed by atoms with Crippen LogP contribution in [0.15, 0.2) is 65.7 Å². The van der Waals surface area contributed by atoms with E-state index in [-0.39, 0.29) is 18.0 Å². The number of aromatic amines is 1. The lowest BCUT2D eigenvalue weighted by atomic mass is 10.1. The van der Waals surface area contributed by atoms with Crippen molar-refractivity contribution in [3.8, 4) is 11.3 Å². The molecule has 3 heterocycles. The Kier molecular flexibility index (Phi) is 4.25. The first kappa shape index (κ1) is 16.7. The fraction of sp³-hybridized carbons (Fsp3) is 0.100. The standard InChI is InChI=1S/C20H17N5O2/c1-13-21-11-15(19(26)23-13)12-22-20(27)17-16-9-5-6-10-25(16)24-18(17)14-7-3-2-4-8-14/h2-11H,12H2,1H3,(H,22,27)(H,21,23,26). The third-order valence-electron chi connectivity index (χ3n) is 4.25. The second kappa shape index (κ2) is 6.87. The minimum atomic E-state index is -0.296. The fourth-order valence-corrected chi connectivity index (χ4v) is 2.92. The van der Waals surface area contributed by atoms with Crippen molar-refractivity contribution in [2.24, 2.45) is 0 Å². The molecule has 1 aromatic carbocycles. The van der Waals surface area contributed by atoms with Gasteiger partial charge in [-0.05, 0) is 19.1 Å². The summed E-state index contributed by atoms with van der Waals surface area (Å²) in [5, 5.41) is 7.38. The van der Waals surface area contributed by atoms with Crippen LogP contribution in [0.1, 0.15) is 21.7 Å². The van der Waals surface area contributed by atoms with E-state index < -0.39 is 0 Å². The number of benzene rings is 1. The quantitative estimate of drug-likeness (QED) is 0.585. The molecular formula is C20H17N5O2. The zero-order valence-corrected chi connectivity index (χ0v) is 14.6.